The Morgan fingerprint density at radius 2 is 2.00 bits per heavy atom. The number of allylic oxidation sites excluding steroid dienone is 3. The second kappa shape index (κ2) is 7.35. The highest BCUT2D eigenvalue weighted by Gasteiger charge is 2.33. The first kappa shape index (κ1) is 17.0. The van der Waals surface area contributed by atoms with Gasteiger partial charge in [-0.1, -0.05) is 56.0 Å². The second-order valence-corrected chi connectivity index (χ2v) is 7.13. The molecule has 0 unspecified atom stereocenters. The Bertz CT molecular complexity index is 619. The van der Waals surface area contributed by atoms with Crippen molar-refractivity contribution in [2.75, 3.05) is 0 Å². The molecule has 24 heavy (non-hydrogen) atoms. The number of rotatable bonds is 4. The van der Waals surface area contributed by atoms with Gasteiger partial charge in [0.1, 0.15) is 6.10 Å². The van der Waals surface area contributed by atoms with E-state index >= 15 is 0 Å². The third kappa shape index (κ3) is 3.78. The minimum atomic E-state index is -0.556. The van der Waals surface area contributed by atoms with Crippen molar-refractivity contribution in [1.82, 2.24) is 0 Å². The van der Waals surface area contributed by atoms with Gasteiger partial charge in [-0.05, 0) is 35.8 Å². The van der Waals surface area contributed by atoms with E-state index in [4.69, 9.17) is 4.74 Å². The minimum absolute atomic E-state index is 0.127. The highest BCUT2D eigenvalue weighted by Crippen LogP contribution is 2.43. The molecule has 0 saturated carbocycles. The molecule has 0 amide bonds. The van der Waals surface area contributed by atoms with Gasteiger partial charge >= 0.3 is 5.97 Å². The Balaban J connectivity index is 1.72. The third-order valence-electron chi connectivity index (χ3n) is 5.33. The van der Waals surface area contributed by atoms with Crippen LogP contribution in [0.4, 0.5) is 0 Å². The molecule has 1 aliphatic heterocycles. The summed E-state index contributed by atoms with van der Waals surface area (Å²) in [4.78, 5) is 11.5. The first-order valence-corrected chi connectivity index (χ1v) is 8.84. The Morgan fingerprint density at radius 1 is 1.25 bits per heavy atom. The monoisotopic (exact) mass is 326 g/mol. The average Bonchev–Trinajstić information content (AvgIpc) is 2.55. The first-order valence-electron chi connectivity index (χ1n) is 8.84. The van der Waals surface area contributed by atoms with E-state index in [2.05, 4.69) is 49.9 Å². The number of hydrogen-bond acceptors (Lipinski definition) is 3. The maximum atomic E-state index is 11.5. The summed E-state index contributed by atoms with van der Waals surface area (Å²) in [6.07, 6.45) is 6.08. The van der Waals surface area contributed by atoms with Crippen LogP contribution in [0, 0.1) is 11.8 Å². The molecule has 1 N–H and O–H groups in total. The summed E-state index contributed by atoms with van der Waals surface area (Å²) in [6, 6.07) is 10.5. The highest BCUT2D eigenvalue weighted by atomic mass is 16.5. The molecule has 0 radical (unpaired) electrons. The molecular formula is C21H26O3. The number of carbonyl (C=O) groups is 1. The van der Waals surface area contributed by atoms with Crippen LogP contribution < -0.4 is 0 Å². The van der Waals surface area contributed by atoms with Crippen molar-refractivity contribution in [2.45, 2.75) is 50.7 Å². The molecule has 1 heterocycles. The summed E-state index contributed by atoms with van der Waals surface area (Å²) in [6.45, 7) is 6.50. The summed E-state index contributed by atoms with van der Waals surface area (Å²) in [5.41, 5.74) is 2.44. The summed E-state index contributed by atoms with van der Waals surface area (Å²) in [5, 5.41) is 9.78. The van der Waals surface area contributed by atoms with Crippen molar-refractivity contribution < 1.29 is 14.6 Å². The van der Waals surface area contributed by atoms with Gasteiger partial charge in [0.25, 0.3) is 0 Å². The second-order valence-electron chi connectivity index (χ2n) is 7.13. The van der Waals surface area contributed by atoms with E-state index in [1.807, 2.05) is 6.07 Å². The van der Waals surface area contributed by atoms with Gasteiger partial charge < -0.3 is 9.84 Å². The minimum Gasteiger partial charge on any atom is -0.462 e. The predicted octanol–water partition coefficient (Wildman–Crippen LogP) is 4.00. The molecule has 1 aliphatic carbocycles. The van der Waals surface area contributed by atoms with Crippen LogP contribution >= 0.6 is 0 Å². The van der Waals surface area contributed by atoms with Gasteiger partial charge in [0.2, 0.25) is 0 Å². The number of esters is 1. The van der Waals surface area contributed by atoms with Crippen molar-refractivity contribution >= 4 is 5.97 Å². The molecule has 0 bridgehead atoms. The quantitative estimate of drug-likeness (QED) is 0.851. The summed E-state index contributed by atoms with van der Waals surface area (Å²) < 4.78 is 5.41. The van der Waals surface area contributed by atoms with E-state index in [0.717, 1.165) is 18.4 Å². The maximum absolute atomic E-state index is 11.5. The van der Waals surface area contributed by atoms with Gasteiger partial charge in [0.05, 0.1) is 12.5 Å². The summed E-state index contributed by atoms with van der Waals surface area (Å²) in [5.74, 6) is 0.905. The number of carbonyl (C=O) groups excluding carboxylic acids is 1. The zero-order chi connectivity index (χ0) is 17.1. The number of aliphatic hydroxyl groups is 1. The zero-order valence-corrected chi connectivity index (χ0v) is 14.2. The lowest BCUT2D eigenvalue weighted by Crippen LogP contribution is -2.33. The predicted molar refractivity (Wildman–Crippen MR) is 94.5 cm³/mol. The number of benzene rings is 1. The molecule has 0 aromatic heterocycles. The standard InChI is InChI=1S/C21H26O3/c1-14-8-9-15(2)21(16-6-4-3-5-7-16)19(14)11-10-18-12-17(22)13-20(23)24-18/h3-9,14,17-19,21-22H,2,10-13H2,1H3/t14-,17+,18+,19-,21+/m0/s1. The molecule has 5 atom stereocenters. The molecular weight excluding hydrogens is 300 g/mol. The van der Waals surface area contributed by atoms with E-state index in [1.165, 1.54) is 5.56 Å². The maximum Gasteiger partial charge on any atom is 0.308 e. The van der Waals surface area contributed by atoms with E-state index in [-0.39, 0.29) is 18.5 Å². The molecule has 1 aromatic carbocycles. The largest absolute Gasteiger partial charge is 0.462 e. The molecule has 128 valence electrons. The fraction of sp³-hybridized carbons (Fsp3) is 0.476. The number of hydrogen-bond donors (Lipinski definition) is 1. The van der Waals surface area contributed by atoms with Gasteiger partial charge in [-0.3, -0.25) is 4.79 Å². The molecule has 3 heteroatoms. The van der Waals surface area contributed by atoms with E-state index < -0.39 is 6.10 Å². The van der Waals surface area contributed by atoms with Crippen LogP contribution in [-0.2, 0) is 9.53 Å². The molecule has 3 nitrogen and oxygen atoms in total. The van der Waals surface area contributed by atoms with Crippen LogP contribution in [0.3, 0.4) is 0 Å². The van der Waals surface area contributed by atoms with Crippen LogP contribution in [0.5, 0.6) is 0 Å². The zero-order valence-electron chi connectivity index (χ0n) is 14.2. The van der Waals surface area contributed by atoms with Gasteiger partial charge in [0.15, 0.2) is 0 Å². The lowest BCUT2D eigenvalue weighted by Gasteiger charge is -2.36. The van der Waals surface area contributed by atoms with E-state index in [1.54, 1.807) is 0 Å². The normalized spacial score (nSPS) is 33.3. The summed E-state index contributed by atoms with van der Waals surface area (Å²) in [7, 11) is 0. The van der Waals surface area contributed by atoms with Gasteiger partial charge in [-0.25, -0.2) is 0 Å². The molecule has 0 spiro atoms. The molecule has 3 rings (SSSR count). The van der Waals surface area contributed by atoms with Gasteiger partial charge in [0, 0.05) is 12.3 Å². The number of aliphatic hydroxyl groups excluding tert-OH is 1. The highest BCUT2D eigenvalue weighted by molar-refractivity contribution is 5.70. The van der Waals surface area contributed by atoms with Crippen LogP contribution in [-0.4, -0.2) is 23.3 Å². The van der Waals surface area contributed by atoms with Crippen molar-refractivity contribution in [3.63, 3.8) is 0 Å². The van der Waals surface area contributed by atoms with Crippen molar-refractivity contribution in [2.24, 2.45) is 11.8 Å². The summed E-state index contributed by atoms with van der Waals surface area (Å²) >= 11 is 0. The Hall–Kier alpha value is -1.87. The van der Waals surface area contributed by atoms with Crippen LogP contribution in [0.1, 0.15) is 44.1 Å². The topological polar surface area (TPSA) is 46.5 Å². The lowest BCUT2D eigenvalue weighted by molar-refractivity contribution is -0.160. The van der Waals surface area contributed by atoms with Crippen LogP contribution in [0.25, 0.3) is 0 Å². The first-order chi connectivity index (χ1) is 11.5. The molecule has 1 fully saturated rings. The number of cyclic esters (lactones) is 1. The van der Waals surface area contributed by atoms with E-state index in [9.17, 15) is 9.90 Å². The van der Waals surface area contributed by atoms with Gasteiger partial charge in [-0.2, -0.15) is 0 Å². The Kier molecular flexibility index (Phi) is 5.20. The molecule has 2 aliphatic rings. The van der Waals surface area contributed by atoms with Crippen molar-refractivity contribution in [1.29, 1.82) is 0 Å². The van der Waals surface area contributed by atoms with Crippen molar-refractivity contribution in [3.8, 4) is 0 Å². The Morgan fingerprint density at radius 3 is 2.71 bits per heavy atom. The Labute approximate surface area is 144 Å². The molecule has 1 saturated heterocycles. The SMILES string of the molecule is C=C1C=C[C@H](C)[C@H](CC[C@@H]2C[C@@H](O)CC(=O)O2)[C@H]1c1ccccc1. The molecule has 1 aromatic rings. The number of ether oxygens (including phenoxy) is 1. The van der Waals surface area contributed by atoms with Crippen molar-refractivity contribution in [3.05, 3.63) is 60.2 Å². The fourth-order valence-electron chi connectivity index (χ4n) is 4.07. The average molecular weight is 326 g/mol. The van der Waals surface area contributed by atoms with Gasteiger partial charge in [-0.15, -0.1) is 0 Å². The van der Waals surface area contributed by atoms with Crippen LogP contribution in [0.2, 0.25) is 0 Å². The fourth-order valence-corrected chi connectivity index (χ4v) is 4.07. The lowest BCUT2D eigenvalue weighted by atomic mass is 9.69. The van der Waals surface area contributed by atoms with E-state index in [0.29, 0.717) is 24.2 Å². The smallest absolute Gasteiger partial charge is 0.308 e. The third-order valence-corrected chi connectivity index (χ3v) is 5.33. The van der Waals surface area contributed by atoms with Crippen LogP contribution in [0.15, 0.2) is 54.6 Å².